The molecule has 1 unspecified atom stereocenters. The monoisotopic (exact) mass is 303 g/mol. The van der Waals surface area contributed by atoms with Crippen LogP contribution in [0.15, 0.2) is 30.3 Å². The van der Waals surface area contributed by atoms with Crippen LogP contribution in [0.4, 0.5) is 0 Å². The van der Waals surface area contributed by atoms with Crippen LogP contribution in [0.5, 0.6) is 0 Å². The van der Waals surface area contributed by atoms with Crippen molar-refractivity contribution < 1.29 is 14.3 Å². The summed E-state index contributed by atoms with van der Waals surface area (Å²) in [6, 6.07) is 10.2. The molecule has 120 valence electrons. The van der Waals surface area contributed by atoms with E-state index < -0.39 is 0 Å². The molecule has 1 aromatic rings. The number of esters is 1. The third-order valence-corrected chi connectivity index (χ3v) is 4.28. The molecule has 1 atom stereocenters. The lowest BCUT2D eigenvalue weighted by Crippen LogP contribution is -2.44. The van der Waals surface area contributed by atoms with Gasteiger partial charge in [0.15, 0.2) is 0 Å². The topological polar surface area (TPSA) is 46.6 Å². The van der Waals surface area contributed by atoms with Crippen molar-refractivity contribution in [1.29, 1.82) is 0 Å². The molecule has 1 aliphatic rings. The minimum atomic E-state index is -0.228. The molecule has 4 nitrogen and oxygen atoms in total. The molecule has 4 heteroatoms. The molecule has 0 bridgehead atoms. The number of likely N-dealkylation sites (tertiary alicyclic amines) is 1. The average molecular weight is 303 g/mol. The SMILES string of the molecule is COC(=O)CC1CCCCN1C(=O)CCCc1ccccc1. The van der Waals surface area contributed by atoms with E-state index in [0.717, 1.165) is 38.6 Å². The lowest BCUT2D eigenvalue weighted by molar-refractivity contribution is -0.144. The third kappa shape index (κ3) is 4.86. The van der Waals surface area contributed by atoms with E-state index in [1.807, 2.05) is 23.1 Å². The van der Waals surface area contributed by atoms with Crippen LogP contribution in [0.25, 0.3) is 0 Å². The highest BCUT2D eigenvalue weighted by Gasteiger charge is 2.28. The van der Waals surface area contributed by atoms with Gasteiger partial charge in [-0.05, 0) is 37.7 Å². The van der Waals surface area contributed by atoms with Gasteiger partial charge in [-0.25, -0.2) is 0 Å². The van der Waals surface area contributed by atoms with Crippen LogP contribution in [0.1, 0.15) is 44.1 Å². The summed E-state index contributed by atoms with van der Waals surface area (Å²) in [4.78, 5) is 25.8. The van der Waals surface area contributed by atoms with Crippen molar-refractivity contribution in [1.82, 2.24) is 4.90 Å². The van der Waals surface area contributed by atoms with Crippen LogP contribution in [0.3, 0.4) is 0 Å². The van der Waals surface area contributed by atoms with Gasteiger partial charge < -0.3 is 9.64 Å². The molecule has 22 heavy (non-hydrogen) atoms. The van der Waals surface area contributed by atoms with E-state index >= 15 is 0 Å². The summed E-state index contributed by atoms with van der Waals surface area (Å²) in [7, 11) is 1.40. The van der Waals surface area contributed by atoms with E-state index in [-0.39, 0.29) is 17.9 Å². The van der Waals surface area contributed by atoms with Crippen LogP contribution in [-0.4, -0.2) is 36.5 Å². The fourth-order valence-electron chi connectivity index (χ4n) is 3.05. The van der Waals surface area contributed by atoms with Gasteiger partial charge in [-0.15, -0.1) is 0 Å². The second kappa shape index (κ2) is 8.57. The zero-order chi connectivity index (χ0) is 15.8. The Balaban J connectivity index is 1.82. The fourth-order valence-corrected chi connectivity index (χ4v) is 3.05. The van der Waals surface area contributed by atoms with E-state index in [1.54, 1.807) is 0 Å². The number of hydrogen-bond donors (Lipinski definition) is 0. The summed E-state index contributed by atoms with van der Waals surface area (Å²) in [5.41, 5.74) is 1.26. The van der Waals surface area contributed by atoms with Crippen LogP contribution in [-0.2, 0) is 20.7 Å². The van der Waals surface area contributed by atoms with E-state index in [0.29, 0.717) is 12.8 Å². The molecule has 1 saturated heterocycles. The highest BCUT2D eigenvalue weighted by molar-refractivity contribution is 5.78. The number of rotatable bonds is 6. The number of hydrogen-bond acceptors (Lipinski definition) is 3. The standard InChI is InChI=1S/C18H25NO3/c1-22-18(21)14-16-11-5-6-13-19(16)17(20)12-7-10-15-8-3-2-4-9-15/h2-4,8-9,16H,5-7,10-14H2,1H3. The first kappa shape index (κ1) is 16.5. The maximum absolute atomic E-state index is 12.4. The molecule has 0 N–H and O–H groups in total. The van der Waals surface area contributed by atoms with Crippen molar-refractivity contribution >= 4 is 11.9 Å². The van der Waals surface area contributed by atoms with Crippen LogP contribution < -0.4 is 0 Å². The lowest BCUT2D eigenvalue weighted by Gasteiger charge is -2.35. The van der Waals surface area contributed by atoms with Gasteiger partial charge in [0, 0.05) is 19.0 Å². The van der Waals surface area contributed by atoms with Gasteiger partial charge in [0.05, 0.1) is 13.5 Å². The zero-order valence-corrected chi connectivity index (χ0v) is 13.3. The van der Waals surface area contributed by atoms with Crippen molar-refractivity contribution in [3.63, 3.8) is 0 Å². The molecule has 0 aliphatic carbocycles. The Hall–Kier alpha value is -1.84. The van der Waals surface area contributed by atoms with E-state index in [2.05, 4.69) is 12.1 Å². The molecule has 0 aromatic heterocycles. The van der Waals surface area contributed by atoms with Gasteiger partial charge >= 0.3 is 5.97 Å². The molecule has 1 fully saturated rings. The number of nitrogens with zero attached hydrogens (tertiary/aromatic N) is 1. The molecule has 2 rings (SSSR count). The molecule has 0 saturated carbocycles. The predicted octanol–water partition coefficient (Wildman–Crippen LogP) is 2.95. The first-order valence-corrected chi connectivity index (χ1v) is 8.11. The summed E-state index contributed by atoms with van der Waals surface area (Å²) in [5, 5.41) is 0. The van der Waals surface area contributed by atoms with E-state index in [4.69, 9.17) is 4.74 Å². The predicted molar refractivity (Wildman–Crippen MR) is 85.4 cm³/mol. The quantitative estimate of drug-likeness (QED) is 0.759. The molecular formula is C18H25NO3. The van der Waals surface area contributed by atoms with Gasteiger partial charge in [0.1, 0.15) is 0 Å². The summed E-state index contributed by atoms with van der Waals surface area (Å²) in [6.07, 6.45) is 5.65. The summed E-state index contributed by atoms with van der Waals surface area (Å²) in [5.74, 6) is -0.0569. The number of carbonyl (C=O) groups is 2. The minimum Gasteiger partial charge on any atom is -0.469 e. The maximum Gasteiger partial charge on any atom is 0.307 e. The normalized spacial score (nSPS) is 18.0. The largest absolute Gasteiger partial charge is 0.469 e. The Morgan fingerprint density at radius 3 is 2.73 bits per heavy atom. The number of benzene rings is 1. The Morgan fingerprint density at radius 1 is 1.23 bits per heavy atom. The lowest BCUT2D eigenvalue weighted by atomic mass is 9.98. The van der Waals surface area contributed by atoms with Crippen LogP contribution >= 0.6 is 0 Å². The molecule has 0 radical (unpaired) electrons. The maximum atomic E-state index is 12.4. The Labute approximate surface area is 132 Å². The Bertz CT molecular complexity index is 486. The summed E-state index contributed by atoms with van der Waals surface area (Å²) in [6.45, 7) is 0.770. The second-order valence-electron chi connectivity index (χ2n) is 5.86. The van der Waals surface area contributed by atoms with Crippen molar-refractivity contribution in [2.24, 2.45) is 0 Å². The van der Waals surface area contributed by atoms with Gasteiger partial charge in [-0.2, -0.15) is 0 Å². The average Bonchev–Trinajstić information content (AvgIpc) is 2.56. The van der Waals surface area contributed by atoms with Gasteiger partial charge in [0.2, 0.25) is 5.91 Å². The number of amides is 1. The minimum absolute atomic E-state index is 0.0189. The van der Waals surface area contributed by atoms with Crippen LogP contribution in [0, 0.1) is 0 Å². The van der Waals surface area contributed by atoms with E-state index in [9.17, 15) is 9.59 Å². The van der Waals surface area contributed by atoms with Crippen molar-refractivity contribution in [2.45, 2.75) is 51.0 Å². The zero-order valence-electron chi connectivity index (χ0n) is 13.3. The molecule has 1 amide bonds. The second-order valence-corrected chi connectivity index (χ2v) is 5.86. The van der Waals surface area contributed by atoms with Crippen LogP contribution in [0.2, 0.25) is 0 Å². The van der Waals surface area contributed by atoms with Crippen molar-refractivity contribution in [3.05, 3.63) is 35.9 Å². The fraction of sp³-hybridized carbons (Fsp3) is 0.556. The summed E-state index contributed by atoms with van der Waals surface area (Å²) >= 11 is 0. The first-order valence-electron chi connectivity index (χ1n) is 8.11. The molecule has 1 aliphatic heterocycles. The molecular weight excluding hydrogens is 278 g/mol. The highest BCUT2D eigenvalue weighted by atomic mass is 16.5. The third-order valence-electron chi connectivity index (χ3n) is 4.28. The number of aryl methyl sites for hydroxylation is 1. The Morgan fingerprint density at radius 2 is 2.00 bits per heavy atom. The number of piperidine rings is 1. The van der Waals surface area contributed by atoms with Crippen molar-refractivity contribution in [3.8, 4) is 0 Å². The van der Waals surface area contributed by atoms with Gasteiger partial charge in [0.25, 0.3) is 0 Å². The van der Waals surface area contributed by atoms with E-state index in [1.165, 1.54) is 12.7 Å². The smallest absolute Gasteiger partial charge is 0.307 e. The highest BCUT2D eigenvalue weighted by Crippen LogP contribution is 2.21. The molecule has 1 aromatic carbocycles. The molecule has 0 spiro atoms. The first-order chi connectivity index (χ1) is 10.7. The van der Waals surface area contributed by atoms with Gasteiger partial charge in [-0.3, -0.25) is 9.59 Å². The number of methoxy groups -OCH3 is 1. The van der Waals surface area contributed by atoms with Crippen molar-refractivity contribution in [2.75, 3.05) is 13.7 Å². The molecule has 1 heterocycles. The number of ether oxygens (including phenoxy) is 1. The van der Waals surface area contributed by atoms with Gasteiger partial charge in [-0.1, -0.05) is 30.3 Å². The summed E-state index contributed by atoms with van der Waals surface area (Å²) < 4.78 is 4.74. The Kier molecular flexibility index (Phi) is 6.44. The number of carbonyl (C=O) groups excluding carboxylic acids is 2.